The zero-order valence-corrected chi connectivity index (χ0v) is 7.96. The van der Waals surface area contributed by atoms with E-state index in [1.165, 1.54) is 0 Å². The van der Waals surface area contributed by atoms with Crippen molar-refractivity contribution in [2.45, 2.75) is 0 Å². The fourth-order valence-electron chi connectivity index (χ4n) is 0. The number of rotatable bonds is 0. The molecular weight excluding hydrogens is 190 g/mol. The van der Waals surface area contributed by atoms with Crippen molar-refractivity contribution >= 4 is 7.82 Å². The SMILES string of the molecule is O=P(O)(O)O.[H-].[Na+].[O]=[Fe]. The summed E-state index contributed by atoms with van der Waals surface area (Å²) in [5, 5.41) is 0. The number of phosphoric acid groups is 1. The van der Waals surface area contributed by atoms with E-state index in [0.29, 0.717) is 0 Å². The molecule has 0 heterocycles. The second-order valence-electron chi connectivity index (χ2n) is 0.513. The van der Waals surface area contributed by atoms with E-state index < -0.39 is 7.82 Å². The molecule has 0 unspecified atom stereocenters. The van der Waals surface area contributed by atoms with Crippen molar-refractivity contribution in [2.75, 3.05) is 0 Å². The molecule has 0 aliphatic heterocycles. The van der Waals surface area contributed by atoms with E-state index in [1.54, 1.807) is 0 Å². The normalized spacial score (nSPS) is 8.00. The van der Waals surface area contributed by atoms with Crippen molar-refractivity contribution in [1.29, 1.82) is 0 Å². The summed E-state index contributed by atoms with van der Waals surface area (Å²) in [6, 6.07) is 0. The Kier molecular flexibility index (Phi) is 17.1. The summed E-state index contributed by atoms with van der Waals surface area (Å²) in [4.78, 5) is 21.6. The zero-order chi connectivity index (χ0) is 6.50. The number of hydrogen-bond donors (Lipinski definition) is 3. The van der Waals surface area contributed by atoms with E-state index in [9.17, 15) is 0 Å². The van der Waals surface area contributed by atoms with Crippen molar-refractivity contribution in [3.8, 4) is 0 Å². The average Bonchev–Trinajstić information content (AvgIpc) is 1.36. The van der Waals surface area contributed by atoms with Crippen molar-refractivity contribution in [3.63, 3.8) is 0 Å². The van der Waals surface area contributed by atoms with Crippen LogP contribution < -0.4 is 29.6 Å². The molecule has 48 valence electrons. The van der Waals surface area contributed by atoms with Gasteiger partial charge < -0.3 is 16.1 Å². The predicted molar refractivity (Wildman–Crippen MR) is 16.1 cm³/mol. The molecule has 3 N–H and O–H groups in total. The molecule has 0 saturated heterocycles. The first-order valence-electron chi connectivity index (χ1n) is 0.927. The molecule has 5 nitrogen and oxygen atoms in total. The van der Waals surface area contributed by atoms with Gasteiger partial charge in [-0.05, 0) is 0 Å². The first kappa shape index (κ1) is 16.2. The van der Waals surface area contributed by atoms with Gasteiger partial charge in [0, 0.05) is 0 Å². The van der Waals surface area contributed by atoms with Crippen LogP contribution in [0, 0.1) is 0 Å². The second-order valence-corrected chi connectivity index (χ2v) is 1.54. The van der Waals surface area contributed by atoms with Gasteiger partial charge in [-0.15, -0.1) is 0 Å². The molecule has 0 rings (SSSR count). The first-order chi connectivity index (χ1) is 3.00. The molecule has 0 saturated carbocycles. The fourth-order valence-corrected chi connectivity index (χ4v) is 0. The molecule has 0 spiro atoms. The van der Waals surface area contributed by atoms with Crippen molar-refractivity contribution in [2.24, 2.45) is 0 Å². The third-order valence-corrected chi connectivity index (χ3v) is 0. The maximum absolute atomic E-state index is 8.88. The minimum atomic E-state index is -4.64. The molecule has 8 heavy (non-hydrogen) atoms. The van der Waals surface area contributed by atoms with Gasteiger partial charge in [-0.2, -0.15) is 0 Å². The summed E-state index contributed by atoms with van der Waals surface area (Å²) in [5.41, 5.74) is 0. The first-order valence-corrected chi connectivity index (χ1v) is 2.94. The van der Waals surface area contributed by atoms with Gasteiger partial charge in [-0.25, -0.2) is 4.57 Å². The fraction of sp³-hybridized carbons (Fsp3) is 0. The Labute approximate surface area is 77.5 Å². The topological polar surface area (TPSA) is 94.8 Å². The molecule has 0 aromatic heterocycles. The summed E-state index contributed by atoms with van der Waals surface area (Å²) < 4.78 is 16.9. The van der Waals surface area contributed by atoms with Crippen LogP contribution in [0.2, 0.25) is 0 Å². The molecule has 8 heteroatoms. The average molecular weight is 194 g/mol. The second kappa shape index (κ2) is 8.43. The Hall–Kier alpha value is 1.43. The molecule has 0 aliphatic carbocycles. The van der Waals surface area contributed by atoms with E-state index in [4.69, 9.17) is 23.1 Å². The zero-order valence-electron chi connectivity index (χ0n) is 4.96. The number of hydrogen-bond acceptors (Lipinski definition) is 2. The third-order valence-electron chi connectivity index (χ3n) is 0. The third kappa shape index (κ3) is 150. The standard InChI is InChI=1S/Fe.Na.H3O4P.O.H/c;;1-5(2,3)4;;/h;;(H3,1,2,3,4);;/q;+1;;;-1. The summed E-state index contributed by atoms with van der Waals surface area (Å²) in [6.07, 6.45) is 0. The van der Waals surface area contributed by atoms with Crippen LogP contribution in [0.25, 0.3) is 0 Å². The summed E-state index contributed by atoms with van der Waals surface area (Å²) in [7, 11) is -4.64. The molecular formula is H4FeNaO5P. The monoisotopic (exact) mass is 194 g/mol. The van der Waals surface area contributed by atoms with Gasteiger partial charge >= 0.3 is 57.2 Å². The summed E-state index contributed by atoms with van der Waals surface area (Å²) in [5.74, 6) is 0. The van der Waals surface area contributed by atoms with E-state index in [1.807, 2.05) is 15.9 Å². The quantitative estimate of drug-likeness (QED) is 0.270. The van der Waals surface area contributed by atoms with Crippen molar-refractivity contribution < 1.29 is 70.0 Å². The van der Waals surface area contributed by atoms with Gasteiger partial charge in [0.25, 0.3) is 0 Å². The Balaban J connectivity index is -0.0000000286. The molecule has 0 bridgehead atoms. The van der Waals surface area contributed by atoms with E-state index in [0.717, 1.165) is 0 Å². The molecule has 0 aliphatic rings. The van der Waals surface area contributed by atoms with Gasteiger partial charge in [-0.1, -0.05) is 0 Å². The van der Waals surface area contributed by atoms with Crippen LogP contribution in [0.15, 0.2) is 0 Å². The van der Waals surface area contributed by atoms with Crippen LogP contribution in [-0.2, 0) is 24.3 Å². The van der Waals surface area contributed by atoms with E-state index >= 15 is 0 Å². The van der Waals surface area contributed by atoms with Crippen LogP contribution in [0.1, 0.15) is 1.43 Å². The van der Waals surface area contributed by atoms with Gasteiger partial charge in [-0.3, -0.25) is 0 Å². The predicted octanol–water partition coefficient (Wildman–Crippen LogP) is -3.93. The van der Waals surface area contributed by atoms with Crippen LogP contribution in [0.4, 0.5) is 0 Å². The van der Waals surface area contributed by atoms with Gasteiger partial charge in [0.05, 0.1) is 0 Å². The van der Waals surface area contributed by atoms with E-state index in [-0.39, 0.29) is 31.0 Å². The van der Waals surface area contributed by atoms with Gasteiger partial charge in [0.1, 0.15) is 0 Å². The Bertz CT molecular complexity index is 72.8. The molecule has 0 radical (unpaired) electrons. The molecule has 0 aromatic carbocycles. The van der Waals surface area contributed by atoms with Crippen LogP contribution in [-0.4, -0.2) is 14.7 Å². The van der Waals surface area contributed by atoms with Crippen LogP contribution in [0.3, 0.4) is 0 Å². The summed E-state index contributed by atoms with van der Waals surface area (Å²) in [6.45, 7) is 0. The van der Waals surface area contributed by atoms with Crippen molar-refractivity contribution in [3.05, 3.63) is 0 Å². The van der Waals surface area contributed by atoms with E-state index in [2.05, 4.69) is 0 Å². The Morgan fingerprint density at radius 3 is 1.25 bits per heavy atom. The minimum absolute atomic E-state index is 0. The molecule has 0 amide bonds. The molecule has 0 atom stereocenters. The van der Waals surface area contributed by atoms with Crippen molar-refractivity contribution in [1.82, 2.24) is 0 Å². The Morgan fingerprint density at radius 2 is 1.25 bits per heavy atom. The molecule has 0 aromatic rings. The van der Waals surface area contributed by atoms with Crippen LogP contribution >= 0.6 is 7.82 Å². The van der Waals surface area contributed by atoms with Crippen LogP contribution in [0.5, 0.6) is 0 Å². The Morgan fingerprint density at radius 1 is 1.25 bits per heavy atom. The maximum atomic E-state index is 8.88. The van der Waals surface area contributed by atoms with Gasteiger partial charge in [0.2, 0.25) is 0 Å². The van der Waals surface area contributed by atoms with Gasteiger partial charge in [0.15, 0.2) is 0 Å². The molecule has 0 fully saturated rings. The summed E-state index contributed by atoms with van der Waals surface area (Å²) >= 11 is 2.00.